The highest BCUT2D eigenvalue weighted by Gasteiger charge is 2.32. The zero-order valence-corrected chi connectivity index (χ0v) is 7.44. The van der Waals surface area contributed by atoms with Crippen LogP contribution < -0.4 is 16.2 Å². The van der Waals surface area contributed by atoms with Crippen LogP contribution in [0, 0.1) is 5.82 Å². The first kappa shape index (κ1) is 11.6. The van der Waals surface area contributed by atoms with Gasteiger partial charge in [0.15, 0.2) is 11.6 Å². The van der Waals surface area contributed by atoms with E-state index in [0.717, 1.165) is 6.07 Å². The molecule has 0 atom stereocenters. The third kappa shape index (κ3) is 2.72. The van der Waals surface area contributed by atoms with Crippen LogP contribution in [0.3, 0.4) is 0 Å². The molecule has 0 heterocycles. The second-order valence-corrected chi connectivity index (χ2v) is 2.70. The van der Waals surface area contributed by atoms with Gasteiger partial charge < -0.3 is 16.2 Å². The Kier molecular flexibility index (Phi) is 3.04. The predicted molar refractivity (Wildman–Crippen MR) is 45.4 cm³/mol. The molecule has 0 aliphatic heterocycles. The van der Waals surface area contributed by atoms with Crippen LogP contribution in [-0.4, -0.2) is 6.36 Å². The minimum Gasteiger partial charge on any atom is -0.403 e. The van der Waals surface area contributed by atoms with Crippen molar-refractivity contribution in [3.63, 3.8) is 0 Å². The van der Waals surface area contributed by atoms with Gasteiger partial charge in [0.05, 0.1) is 5.69 Å². The molecular formula is C8H8F4N2O. The van der Waals surface area contributed by atoms with Crippen molar-refractivity contribution in [1.82, 2.24) is 0 Å². The van der Waals surface area contributed by atoms with Crippen LogP contribution in [0.4, 0.5) is 23.2 Å². The van der Waals surface area contributed by atoms with Crippen LogP contribution in [0.1, 0.15) is 5.56 Å². The molecule has 84 valence electrons. The summed E-state index contributed by atoms with van der Waals surface area (Å²) in [6.07, 6.45) is -4.95. The summed E-state index contributed by atoms with van der Waals surface area (Å²) < 4.78 is 51.9. The molecule has 0 amide bonds. The quantitative estimate of drug-likeness (QED) is 0.594. The maximum absolute atomic E-state index is 13.2. The van der Waals surface area contributed by atoms with Crippen molar-refractivity contribution in [2.75, 3.05) is 5.73 Å². The van der Waals surface area contributed by atoms with Crippen LogP contribution in [0.2, 0.25) is 0 Å². The highest BCUT2D eigenvalue weighted by molar-refractivity contribution is 5.53. The Hall–Kier alpha value is -1.50. The van der Waals surface area contributed by atoms with Gasteiger partial charge in [-0.3, -0.25) is 0 Å². The summed E-state index contributed by atoms with van der Waals surface area (Å²) in [7, 11) is 0. The van der Waals surface area contributed by atoms with E-state index in [1.165, 1.54) is 6.07 Å². The molecule has 0 aliphatic carbocycles. The Bertz CT molecular complexity index is 364. The number of halogens is 4. The van der Waals surface area contributed by atoms with Crippen molar-refractivity contribution in [2.45, 2.75) is 12.9 Å². The molecule has 0 spiro atoms. The van der Waals surface area contributed by atoms with Gasteiger partial charge in [0.2, 0.25) is 0 Å². The molecule has 0 aliphatic rings. The van der Waals surface area contributed by atoms with Crippen molar-refractivity contribution in [2.24, 2.45) is 5.73 Å². The fourth-order valence-electron chi connectivity index (χ4n) is 0.994. The van der Waals surface area contributed by atoms with Gasteiger partial charge in [0, 0.05) is 6.54 Å². The molecule has 4 N–H and O–H groups in total. The molecule has 0 aromatic heterocycles. The number of rotatable bonds is 2. The number of hydrogen-bond acceptors (Lipinski definition) is 3. The predicted octanol–water partition coefficient (Wildman–Crippen LogP) is 1.77. The zero-order chi connectivity index (χ0) is 11.6. The number of ether oxygens (including phenoxy) is 1. The lowest BCUT2D eigenvalue weighted by atomic mass is 10.1. The maximum atomic E-state index is 13.2. The summed E-state index contributed by atoms with van der Waals surface area (Å²) in [6.45, 7) is -0.0605. The minimum absolute atomic E-state index is 0.0605. The number of hydrogen-bond donors (Lipinski definition) is 2. The standard InChI is InChI=1S/C8H8F4N2O/c9-6-5(15-8(10,11)12)2-1-4(3-13)7(6)14/h1-2H,3,13-14H2. The van der Waals surface area contributed by atoms with Gasteiger partial charge in [-0.25, -0.2) is 4.39 Å². The first-order valence-corrected chi connectivity index (χ1v) is 3.88. The van der Waals surface area contributed by atoms with Crippen molar-refractivity contribution in [3.8, 4) is 5.75 Å². The molecule has 0 fully saturated rings. The third-order valence-electron chi connectivity index (χ3n) is 1.68. The Morgan fingerprint density at radius 3 is 2.33 bits per heavy atom. The lowest BCUT2D eigenvalue weighted by molar-refractivity contribution is -0.275. The Balaban J connectivity index is 3.07. The maximum Gasteiger partial charge on any atom is 0.573 e. The molecule has 3 nitrogen and oxygen atoms in total. The fourth-order valence-corrected chi connectivity index (χ4v) is 0.994. The van der Waals surface area contributed by atoms with Gasteiger partial charge in [-0.05, 0) is 11.6 Å². The Morgan fingerprint density at radius 1 is 1.27 bits per heavy atom. The molecule has 0 bridgehead atoms. The summed E-state index contributed by atoms with van der Waals surface area (Å²) in [5.41, 5.74) is 10.2. The second kappa shape index (κ2) is 3.93. The molecule has 1 aromatic carbocycles. The van der Waals surface area contributed by atoms with E-state index in [9.17, 15) is 17.6 Å². The van der Waals surface area contributed by atoms with Gasteiger partial charge in [0.25, 0.3) is 0 Å². The smallest absolute Gasteiger partial charge is 0.403 e. The first-order valence-electron chi connectivity index (χ1n) is 3.88. The summed E-state index contributed by atoms with van der Waals surface area (Å²) in [6, 6.07) is 2.01. The lowest BCUT2D eigenvalue weighted by Gasteiger charge is -2.12. The number of anilines is 1. The second-order valence-electron chi connectivity index (χ2n) is 2.70. The molecule has 0 unspecified atom stereocenters. The average molecular weight is 224 g/mol. The van der Waals surface area contributed by atoms with Crippen molar-refractivity contribution < 1.29 is 22.3 Å². The van der Waals surface area contributed by atoms with E-state index in [-0.39, 0.29) is 12.1 Å². The molecule has 0 saturated heterocycles. The normalized spacial score (nSPS) is 11.5. The van der Waals surface area contributed by atoms with Crippen molar-refractivity contribution in [1.29, 1.82) is 0 Å². The van der Waals surface area contributed by atoms with Crippen molar-refractivity contribution in [3.05, 3.63) is 23.5 Å². The third-order valence-corrected chi connectivity index (χ3v) is 1.68. The lowest BCUT2D eigenvalue weighted by Crippen LogP contribution is -2.18. The molecular weight excluding hydrogens is 216 g/mol. The zero-order valence-electron chi connectivity index (χ0n) is 7.44. The fraction of sp³-hybridized carbons (Fsp3) is 0.250. The van der Waals surface area contributed by atoms with E-state index in [4.69, 9.17) is 11.5 Å². The highest BCUT2D eigenvalue weighted by Crippen LogP contribution is 2.30. The van der Waals surface area contributed by atoms with E-state index in [1.54, 1.807) is 0 Å². The van der Waals surface area contributed by atoms with Crippen LogP contribution in [-0.2, 0) is 6.54 Å². The average Bonchev–Trinajstić information content (AvgIpc) is 2.11. The van der Waals surface area contributed by atoms with Crippen LogP contribution in [0.5, 0.6) is 5.75 Å². The number of nitrogen functional groups attached to an aromatic ring is 1. The van der Waals surface area contributed by atoms with E-state index < -0.39 is 23.6 Å². The van der Waals surface area contributed by atoms with E-state index in [0.29, 0.717) is 0 Å². The summed E-state index contributed by atoms with van der Waals surface area (Å²) in [5.74, 6) is -2.22. The molecule has 0 radical (unpaired) electrons. The monoisotopic (exact) mass is 224 g/mol. The van der Waals surface area contributed by atoms with Gasteiger partial charge in [-0.15, -0.1) is 13.2 Å². The first-order chi connectivity index (χ1) is 6.85. The van der Waals surface area contributed by atoms with Crippen LogP contribution in [0.15, 0.2) is 12.1 Å². The van der Waals surface area contributed by atoms with Crippen LogP contribution >= 0.6 is 0 Å². The van der Waals surface area contributed by atoms with E-state index in [1.807, 2.05) is 0 Å². The van der Waals surface area contributed by atoms with Gasteiger partial charge in [0.1, 0.15) is 0 Å². The number of benzene rings is 1. The summed E-state index contributed by atoms with van der Waals surface area (Å²) in [5, 5.41) is 0. The van der Waals surface area contributed by atoms with E-state index >= 15 is 0 Å². The SMILES string of the molecule is NCc1ccc(OC(F)(F)F)c(F)c1N. The topological polar surface area (TPSA) is 61.3 Å². The molecule has 1 aromatic rings. The van der Waals surface area contributed by atoms with E-state index in [2.05, 4.69) is 4.74 Å². The van der Waals surface area contributed by atoms with Crippen molar-refractivity contribution >= 4 is 5.69 Å². The molecule has 0 saturated carbocycles. The Labute approximate surface area is 82.6 Å². The van der Waals surface area contributed by atoms with Crippen LogP contribution in [0.25, 0.3) is 0 Å². The largest absolute Gasteiger partial charge is 0.573 e. The minimum atomic E-state index is -4.95. The van der Waals surface area contributed by atoms with Gasteiger partial charge in [-0.1, -0.05) is 6.07 Å². The Morgan fingerprint density at radius 2 is 1.87 bits per heavy atom. The molecule has 1 rings (SSSR count). The molecule has 15 heavy (non-hydrogen) atoms. The number of nitrogens with two attached hydrogens (primary N) is 2. The van der Waals surface area contributed by atoms with Gasteiger partial charge >= 0.3 is 6.36 Å². The molecule has 7 heteroatoms. The highest BCUT2D eigenvalue weighted by atomic mass is 19.4. The number of alkyl halides is 3. The summed E-state index contributed by atoms with van der Waals surface area (Å²) in [4.78, 5) is 0. The van der Waals surface area contributed by atoms with Gasteiger partial charge in [-0.2, -0.15) is 0 Å². The summed E-state index contributed by atoms with van der Waals surface area (Å²) >= 11 is 0.